The van der Waals surface area contributed by atoms with Gasteiger partial charge in [0.25, 0.3) is 0 Å². The van der Waals surface area contributed by atoms with Crippen molar-refractivity contribution in [3.8, 4) is 0 Å². The van der Waals surface area contributed by atoms with Gasteiger partial charge in [-0.15, -0.1) is 0 Å². The van der Waals surface area contributed by atoms with Crippen molar-refractivity contribution in [2.24, 2.45) is 0 Å². The summed E-state index contributed by atoms with van der Waals surface area (Å²) in [5, 5.41) is 0.415. The van der Waals surface area contributed by atoms with Crippen molar-refractivity contribution in [3.05, 3.63) is 28.3 Å². The molecule has 0 amide bonds. The summed E-state index contributed by atoms with van der Waals surface area (Å²) < 4.78 is 2.56. The zero-order chi connectivity index (χ0) is 7.84. The maximum atomic E-state index is 5.76. The van der Waals surface area contributed by atoms with Crippen LogP contribution in [-0.2, 0) is 0 Å². The van der Waals surface area contributed by atoms with Crippen LogP contribution >= 0.6 is 27.5 Å². The highest BCUT2D eigenvalue weighted by Gasteiger charge is 2.01. The molecule has 2 aromatic heterocycles. The molecule has 2 heterocycles. The van der Waals surface area contributed by atoms with E-state index in [4.69, 9.17) is 11.6 Å². The molecule has 3 nitrogen and oxygen atoms in total. The first-order valence-electron chi connectivity index (χ1n) is 2.92. The lowest BCUT2D eigenvalue weighted by Crippen LogP contribution is -1.84. The van der Waals surface area contributed by atoms with Crippen molar-refractivity contribution < 1.29 is 0 Å². The quantitative estimate of drug-likeness (QED) is 0.697. The summed E-state index contributed by atoms with van der Waals surface area (Å²) in [6, 6.07) is 0. The Hall–Kier alpha value is -0.610. The highest BCUT2D eigenvalue weighted by atomic mass is 79.9. The van der Waals surface area contributed by atoms with E-state index in [0.29, 0.717) is 10.8 Å². The largest absolute Gasteiger partial charge is 0.302 e. The van der Waals surface area contributed by atoms with Crippen LogP contribution in [0.25, 0.3) is 5.65 Å². The summed E-state index contributed by atoms with van der Waals surface area (Å²) in [4.78, 5) is 7.98. The van der Waals surface area contributed by atoms with Crippen molar-refractivity contribution in [1.82, 2.24) is 14.4 Å². The molecule has 2 aromatic rings. The fourth-order valence-corrected chi connectivity index (χ4v) is 1.44. The highest BCUT2D eigenvalue weighted by Crippen LogP contribution is 2.15. The Balaban J connectivity index is 2.90. The third-order valence-electron chi connectivity index (χ3n) is 1.30. The first kappa shape index (κ1) is 7.06. The number of rotatable bonds is 0. The van der Waals surface area contributed by atoms with Crippen molar-refractivity contribution >= 4 is 33.2 Å². The maximum absolute atomic E-state index is 5.76. The molecule has 0 bridgehead atoms. The lowest BCUT2D eigenvalue weighted by atomic mass is 10.7. The molecule has 0 radical (unpaired) electrons. The van der Waals surface area contributed by atoms with Crippen LogP contribution in [-0.4, -0.2) is 14.4 Å². The molecule has 0 unspecified atom stereocenters. The van der Waals surface area contributed by atoms with Gasteiger partial charge in [0.15, 0.2) is 10.8 Å². The van der Waals surface area contributed by atoms with Crippen LogP contribution in [0.4, 0.5) is 0 Å². The molecule has 0 saturated heterocycles. The molecule has 5 heteroatoms. The third-order valence-corrected chi connectivity index (χ3v) is 1.95. The number of nitrogens with zero attached hydrogens (tertiary/aromatic N) is 3. The molecule has 0 aliphatic heterocycles. The SMILES string of the molecule is Clc1nccn2cc(Br)nc12. The summed E-state index contributed by atoms with van der Waals surface area (Å²) >= 11 is 9.00. The van der Waals surface area contributed by atoms with Gasteiger partial charge in [-0.25, -0.2) is 9.97 Å². The Morgan fingerprint density at radius 1 is 1.55 bits per heavy atom. The fraction of sp³-hybridized carbons (Fsp3) is 0. The summed E-state index contributed by atoms with van der Waals surface area (Å²) in [6.45, 7) is 0. The second-order valence-corrected chi connectivity index (χ2v) is 3.18. The Bertz CT molecular complexity index is 398. The van der Waals surface area contributed by atoms with Crippen molar-refractivity contribution in [2.45, 2.75) is 0 Å². The molecule has 56 valence electrons. The third kappa shape index (κ3) is 1.12. The van der Waals surface area contributed by atoms with Gasteiger partial charge < -0.3 is 4.40 Å². The zero-order valence-electron chi connectivity index (χ0n) is 5.33. The van der Waals surface area contributed by atoms with Gasteiger partial charge in [0.1, 0.15) is 4.60 Å². The molecule has 0 aromatic carbocycles. The summed E-state index contributed by atoms with van der Waals surface area (Å²) in [5.41, 5.74) is 0.668. The number of fused-ring (bicyclic) bond motifs is 1. The molecule has 2 rings (SSSR count). The Morgan fingerprint density at radius 3 is 3.09 bits per heavy atom. The minimum Gasteiger partial charge on any atom is -0.302 e. The number of halogens is 2. The van der Waals surface area contributed by atoms with Gasteiger partial charge in [-0.05, 0) is 15.9 Å². The first-order valence-corrected chi connectivity index (χ1v) is 4.09. The average Bonchev–Trinajstić information content (AvgIpc) is 2.31. The standard InChI is InChI=1S/C6H3BrClN3/c7-4-3-11-2-1-9-5(8)6(11)10-4/h1-3H. The maximum Gasteiger partial charge on any atom is 0.175 e. The van der Waals surface area contributed by atoms with Gasteiger partial charge in [-0.3, -0.25) is 0 Å². The van der Waals surface area contributed by atoms with Crippen LogP contribution in [0.1, 0.15) is 0 Å². The predicted molar refractivity (Wildman–Crippen MR) is 45.7 cm³/mol. The van der Waals surface area contributed by atoms with E-state index in [9.17, 15) is 0 Å². The minimum atomic E-state index is 0.415. The van der Waals surface area contributed by atoms with Crippen LogP contribution in [0.3, 0.4) is 0 Å². The van der Waals surface area contributed by atoms with E-state index in [2.05, 4.69) is 25.9 Å². The summed E-state index contributed by atoms with van der Waals surface area (Å²) in [5.74, 6) is 0. The Morgan fingerprint density at radius 2 is 2.36 bits per heavy atom. The molecule has 0 fully saturated rings. The van der Waals surface area contributed by atoms with E-state index in [1.54, 1.807) is 16.8 Å². The zero-order valence-corrected chi connectivity index (χ0v) is 7.67. The van der Waals surface area contributed by atoms with Crippen LogP contribution in [0.5, 0.6) is 0 Å². The monoisotopic (exact) mass is 231 g/mol. The normalized spacial score (nSPS) is 10.7. The van der Waals surface area contributed by atoms with Crippen LogP contribution in [0.2, 0.25) is 5.15 Å². The average molecular weight is 232 g/mol. The second kappa shape index (κ2) is 2.46. The molecule has 0 atom stereocenters. The van der Waals surface area contributed by atoms with Gasteiger partial charge in [0.2, 0.25) is 0 Å². The lowest BCUT2D eigenvalue weighted by Gasteiger charge is -1.91. The topological polar surface area (TPSA) is 30.2 Å². The summed E-state index contributed by atoms with van der Waals surface area (Å²) in [7, 11) is 0. The van der Waals surface area contributed by atoms with E-state index in [0.717, 1.165) is 4.60 Å². The van der Waals surface area contributed by atoms with Crippen LogP contribution < -0.4 is 0 Å². The number of aromatic nitrogens is 3. The molecule has 11 heavy (non-hydrogen) atoms. The van der Waals surface area contributed by atoms with Crippen molar-refractivity contribution in [1.29, 1.82) is 0 Å². The summed E-state index contributed by atoms with van der Waals surface area (Å²) in [6.07, 6.45) is 5.24. The fourth-order valence-electron chi connectivity index (χ4n) is 0.858. The smallest absolute Gasteiger partial charge is 0.175 e. The van der Waals surface area contributed by atoms with Gasteiger partial charge in [0, 0.05) is 18.6 Å². The molecule has 0 saturated carbocycles. The second-order valence-electron chi connectivity index (χ2n) is 2.01. The van der Waals surface area contributed by atoms with Gasteiger partial charge in [-0.1, -0.05) is 11.6 Å². The lowest BCUT2D eigenvalue weighted by molar-refractivity contribution is 1.13. The molecule has 0 aliphatic rings. The number of hydrogen-bond donors (Lipinski definition) is 0. The van der Waals surface area contributed by atoms with Gasteiger partial charge >= 0.3 is 0 Å². The van der Waals surface area contributed by atoms with Crippen LogP contribution in [0.15, 0.2) is 23.2 Å². The van der Waals surface area contributed by atoms with Gasteiger partial charge in [0.05, 0.1) is 0 Å². The van der Waals surface area contributed by atoms with Crippen molar-refractivity contribution in [2.75, 3.05) is 0 Å². The van der Waals surface area contributed by atoms with Gasteiger partial charge in [-0.2, -0.15) is 0 Å². The van der Waals surface area contributed by atoms with Crippen LogP contribution in [0, 0.1) is 0 Å². The minimum absolute atomic E-state index is 0.415. The predicted octanol–water partition coefficient (Wildman–Crippen LogP) is 2.15. The van der Waals surface area contributed by atoms with E-state index in [1.807, 2.05) is 6.20 Å². The molecule has 0 aliphatic carbocycles. The van der Waals surface area contributed by atoms with E-state index < -0.39 is 0 Å². The molecule has 0 spiro atoms. The molecular formula is C6H3BrClN3. The first-order chi connectivity index (χ1) is 5.27. The van der Waals surface area contributed by atoms with E-state index in [-0.39, 0.29) is 0 Å². The Labute approximate surface area is 76.2 Å². The number of imidazole rings is 1. The van der Waals surface area contributed by atoms with E-state index in [1.165, 1.54) is 0 Å². The highest BCUT2D eigenvalue weighted by molar-refractivity contribution is 9.10. The molecule has 0 N–H and O–H groups in total. The molecular weight excluding hydrogens is 229 g/mol. The Kier molecular flexibility index (Phi) is 1.58. The van der Waals surface area contributed by atoms with E-state index >= 15 is 0 Å². The number of hydrogen-bond acceptors (Lipinski definition) is 2. The van der Waals surface area contributed by atoms with Crippen molar-refractivity contribution in [3.63, 3.8) is 0 Å².